The van der Waals surface area contributed by atoms with Crippen molar-refractivity contribution in [1.29, 1.82) is 0 Å². The number of hydrogen-bond donors (Lipinski definition) is 3. The summed E-state index contributed by atoms with van der Waals surface area (Å²) in [5.41, 5.74) is 8.34. The minimum atomic E-state index is -0.779. The molecule has 6 heteroatoms. The highest BCUT2D eigenvalue weighted by molar-refractivity contribution is 6.47. The Bertz CT molecular complexity index is 426. The number of hydrazone groups is 1. The molecule has 1 aromatic rings. The molecule has 0 saturated heterocycles. The van der Waals surface area contributed by atoms with Crippen LogP contribution in [0.25, 0.3) is 0 Å². The second kappa shape index (κ2) is 5.50. The van der Waals surface area contributed by atoms with Crippen LogP contribution in [0.2, 0.25) is 0 Å². The molecule has 0 aromatic heterocycles. The number of nitrogens with one attached hydrogen (secondary N) is 1. The van der Waals surface area contributed by atoms with E-state index in [1.807, 2.05) is 6.07 Å². The lowest BCUT2D eigenvalue weighted by atomic mass is 10.1. The molecule has 0 aliphatic heterocycles. The van der Waals surface area contributed by atoms with Gasteiger partial charge in [0, 0.05) is 5.56 Å². The fourth-order valence-corrected chi connectivity index (χ4v) is 1.11. The van der Waals surface area contributed by atoms with E-state index < -0.39 is 6.03 Å². The first-order valence-corrected chi connectivity index (χ1v) is 4.52. The molecule has 0 fully saturated rings. The van der Waals surface area contributed by atoms with Gasteiger partial charge in [0.25, 0.3) is 0 Å². The number of nitrogens with zero attached hydrogens (tertiary/aromatic N) is 2. The lowest BCUT2D eigenvalue weighted by molar-refractivity contribution is 0.249. The maximum atomic E-state index is 10.5. The Morgan fingerprint density at radius 2 is 2.00 bits per heavy atom. The van der Waals surface area contributed by atoms with Crippen molar-refractivity contribution in [2.24, 2.45) is 16.0 Å². The van der Waals surface area contributed by atoms with E-state index in [0.29, 0.717) is 11.3 Å². The van der Waals surface area contributed by atoms with Crippen LogP contribution in [-0.4, -0.2) is 22.7 Å². The van der Waals surface area contributed by atoms with Crippen molar-refractivity contribution in [2.45, 2.75) is 6.92 Å². The monoisotopic (exact) mass is 220 g/mol. The van der Waals surface area contributed by atoms with Crippen LogP contribution in [0.4, 0.5) is 4.79 Å². The standard InChI is InChI=1S/C10H12N4O2/c1-7(14-16)9(12-13-10(11)15)8-5-3-2-4-6-8/h2-6,16H,1H3,(H3,11,13,15)/b12-9+,14-7-. The first-order chi connectivity index (χ1) is 7.65. The number of primary amides is 1. The molecule has 0 saturated carbocycles. The number of nitrogens with two attached hydrogens (primary N) is 1. The van der Waals surface area contributed by atoms with E-state index in [2.05, 4.69) is 15.7 Å². The summed E-state index contributed by atoms with van der Waals surface area (Å²) < 4.78 is 0. The maximum Gasteiger partial charge on any atom is 0.332 e. The lowest BCUT2D eigenvalue weighted by Gasteiger charge is -2.04. The molecule has 0 unspecified atom stereocenters. The highest BCUT2D eigenvalue weighted by atomic mass is 16.4. The molecule has 6 nitrogen and oxygen atoms in total. The summed E-state index contributed by atoms with van der Waals surface area (Å²) in [7, 11) is 0. The van der Waals surface area contributed by atoms with Gasteiger partial charge in [0.1, 0.15) is 11.4 Å². The number of carbonyl (C=O) groups is 1. The molecule has 0 aliphatic rings. The average molecular weight is 220 g/mol. The van der Waals surface area contributed by atoms with Crippen molar-refractivity contribution in [3.8, 4) is 0 Å². The first kappa shape index (κ1) is 11.7. The summed E-state index contributed by atoms with van der Waals surface area (Å²) in [5.74, 6) is 0. The van der Waals surface area contributed by atoms with Crippen LogP contribution >= 0.6 is 0 Å². The molecule has 0 atom stereocenters. The van der Waals surface area contributed by atoms with Crippen LogP contribution in [0.1, 0.15) is 12.5 Å². The molecule has 0 radical (unpaired) electrons. The Balaban J connectivity index is 3.07. The maximum absolute atomic E-state index is 10.5. The van der Waals surface area contributed by atoms with Crippen molar-refractivity contribution in [1.82, 2.24) is 5.43 Å². The SMILES string of the molecule is CC(=N/O)/C(=N\NC(N)=O)c1ccccc1. The van der Waals surface area contributed by atoms with Crippen LogP contribution < -0.4 is 11.2 Å². The summed E-state index contributed by atoms with van der Waals surface area (Å²) in [5, 5.41) is 15.5. The molecule has 1 aromatic carbocycles. The van der Waals surface area contributed by atoms with E-state index in [4.69, 9.17) is 10.9 Å². The zero-order valence-corrected chi connectivity index (χ0v) is 8.71. The average Bonchev–Trinajstić information content (AvgIpc) is 2.30. The second-order valence-corrected chi connectivity index (χ2v) is 2.99. The van der Waals surface area contributed by atoms with Crippen molar-refractivity contribution >= 4 is 17.5 Å². The summed E-state index contributed by atoms with van der Waals surface area (Å²) in [6.07, 6.45) is 0. The zero-order chi connectivity index (χ0) is 12.0. The first-order valence-electron chi connectivity index (χ1n) is 4.52. The molecule has 0 heterocycles. The number of oxime groups is 1. The lowest BCUT2D eigenvalue weighted by Crippen LogP contribution is -2.27. The Morgan fingerprint density at radius 1 is 1.38 bits per heavy atom. The fraction of sp³-hybridized carbons (Fsp3) is 0.100. The van der Waals surface area contributed by atoms with Gasteiger partial charge in [0.2, 0.25) is 0 Å². The summed E-state index contributed by atoms with van der Waals surface area (Å²) in [6.45, 7) is 1.56. The van der Waals surface area contributed by atoms with Crippen molar-refractivity contribution in [3.63, 3.8) is 0 Å². The van der Waals surface area contributed by atoms with Gasteiger partial charge in [-0.15, -0.1) is 0 Å². The third-order valence-electron chi connectivity index (χ3n) is 1.82. The van der Waals surface area contributed by atoms with Gasteiger partial charge in [0.05, 0.1) is 0 Å². The fourth-order valence-electron chi connectivity index (χ4n) is 1.11. The Hall–Kier alpha value is -2.37. The van der Waals surface area contributed by atoms with E-state index in [1.165, 1.54) is 0 Å². The van der Waals surface area contributed by atoms with E-state index in [0.717, 1.165) is 0 Å². The molecule has 4 N–H and O–H groups in total. The molecule has 0 aliphatic carbocycles. The number of rotatable bonds is 3. The third kappa shape index (κ3) is 3.09. The topological polar surface area (TPSA) is 100 Å². The van der Waals surface area contributed by atoms with Gasteiger partial charge in [0.15, 0.2) is 0 Å². The zero-order valence-electron chi connectivity index (χ0n) is 8.71. The molecule has 0 bridgehead atoms. The molecule has 1 rings (SSSR count). The molecule has 0 spiro atoms. The van der Waals surface area contributed by atoms with Crippen molar-refractivity contribution in [3.05, 3.63) is 35.9 Å². The molecule has 84 valence electrons. The highest BCUT2D eigenvalue weighted by Gasteiger charge is 2.08. The van der Waals surface area contributed by atoms with Gasteiger partial charge < -0.3 is 10.9 Å². The number of benzene rings is 1. The number of carbonyl (C=O) groups excluding carboxylic acids is 1. The Morgan fingerprint density at radius 3 is 2.50 bits per heavy atom. The Kier molecular flexibility index (Phi) is 4.02. The number of urea groups is 1. The van der Waals surface area contributed by atoms with E-state index >= 15 is 0 Å². The van der Waals surface area contributed by atoms with Crippen LogP contribution in [0.15, 0.2) is 40.6 Å². The molecule has 2 amide bonds. The predicted octanol–water partition coefficient (Wildman–Crippen LogP) is 0.909. The van der Waals surface area contributed by atoms with Gasteiger partial charge in [-0.1, -0.05) is 35.5 Å². The van der Waals surface area contributed by atoms with Gasteiger partial charge in [-0.2, -0.15) is 5.10 Å². The van der Waals surface area contributed by atoms with Crippen molar-refractivity contribution < 1.29 is 10.0 Å². The van der Waals surface area contributed by atoms with E-state index in [9.17, 15) is 4.79 Å². The number of hydrogen-bond acceptors (Lipinski definition) is 4. The minimum Gasteiger partial charge on any atom is -0.411 e. The van der Waals surface area contributed by atoms with E-state index in [1.54, 1.807) is 31.2 Å². The molecule has 16 heavy (non-hydrogen) atoms. The Labute approximate surface area is 92.5 Å². The van der Waals surface area contributed by atoms with Crippen LogP contribution in [0.5, 0.6) is 0 Å². The highest BCUT2D eigenvalue weighted by Crippen LogP contribution is 2.02. The third-order valence-corrected chi connectivity index (χ3v) is 1.82. The normalized spacial score (nSPS) is 12.3. The van der Waals surface area contributed by atoms with Crippen molar-refractivity contribution in [2.75, 3.05) is 0 Å². The minimum absolute atomic E-state index is 0.278. The van der Waals surface area contributed by atoms with Crippen LogP contribution in [0.3, 0.4) is 0 Å². The van der Waals surface area contributed by atoms with Gasteiger partial charge in [-0.25, -0.2) is 10.2 Å². The molecular formula is C10H12N4O2. The summed E-state index contributed by atoms with van der Waals surface area (Å²) >= 11 is 0. The largest absolute Gasteiger partial charge is 0.411 e. The smallest absolute Gasteiger partial charge is 0.332 e. The predicted molar refractivity (Wildman–Crippen MR) is 60.6 cm³/mol. The number of amides is 2. The van der Waals surface area contributed by atoms with Crippen LogP contribution in [0, 0.1) is 0 Å². The van der Waals surface area contributed by atoms with E-state index in [-0.39, 0.29) is 5.71 Å². The summed E-state index contributed by atoms with van der Waals surface area (Å²) in [4.78, 5) is 10.5. The van der Waals surface area contributed by atoms with Crippen LogP contribution in [-0.2, 0) is 0 Å². The molecular weight excluding hydrogens is 208 g/mol. The second-order valence-electron chi connectivity index (χ2n) is 2.99. The van der Waals surface area contributed by atoms with Gasteiger partial charge in [-0.05, 0) is 6.92 Å². The van der Waals surface area contributed by atoms with Gasteiger partial charge in [-0.3, -0.25) is 0 Å². The summed E-state index contributed by atoms with van der Waals surface area (Å²) in [6, 6.07) is 8.22. The van der Waals surface area contributed by atoms with Gasteiger partial charge >= 0.3 is 6.03 Å². The quantitative estimate of drug-likeness (QED) is 0.400.